The summed E-state index contributed by atoms with van der Waals surface area (Å²) in [5.41, 5.74) is 6.56. The molecule has 5 heteroatoms. The third-order valence-corrected chi connectivity index (χ3v) is 4.19. The third-order valence-electron chi connectivity index (χ3n) is 4.19. The Kier molecular flexibility index (Phi) is 6.57. The van der Waals surface area contributed by atoms with Gasteiger partial charge in [0.05, 0.1) is 18.3 Å². The fraction of sp³-hybridized carbons (Fsp3) is 0.611. The second kappa shape index (κ2) is 8.43. The van der Waals surface area contributed by atoms with E-state index in [1.165, 1.54) is 0 Å². The lowest BCUT2D eigenvalue weighted by Crippen LogP contribution is -2.37. The average Bonchev–Trinajstić information content (AvgIpc) is 3.07. The Hall–Kier alpha value is -1.43. The van der Waals surface area contributed by atoms with Crippen molar-refractivity contribution >= 4 is 5.97 Å². The number of esters is 1. The normalized spacial score (nSPS) is 19.5. The summed E-state index contributed by atoms with van der Waals surface area (Å²) in [6.07, 6.45) is 2.76. The lowest BCUT2D eigenvalue weighted by atomic mass is 9.81. The van der Waals surface area contributed by atoms with E-state index >= 15 is 0 Å². The molecule has 1 saturated heterocycles. The molecule has 23 heavy (non-hydrogen) atoms. The quantitative estimate of drug-likeness (QED) is 0.453. The molecule has 0 amide bonds. The van der Waals surface area contributed by atoms with Crippen LogP contribution in [0.4, 0.5) is 0 Å². The molecule has 1 fully saturated rings. The highest BCUT2D eigenvalue weighted by molar-refractivity contribution is 5.89. The smallest absolute Gasteiger partial charge is 0.338 e. The largest absolute Gasteiger partial charge is 0.460 e. The van der Waals surface area contributed by atoms with Crippen molar-refractivity contribution in [1.29, 1.82) is 0 Å². The zero-order valence-corrected chi connectivity index (χ0v) is 14.0. The summed E-state index contributed by atoms with van der Waals surface area (Å²) in [4.78, 5) is 11.8. The first kappa shape index (κ1) is 17.9. The summed E-state index contributed by atoms with van der Waals surface area (Å²) in [5, 5.41) is 0. The molecule has 5 nitrogen and oxygen atoms in total. The summed E-state index contributed by atoms with van der Waals surface area (Å²) in [7, 11) is 0. The maximum absolute atomic E-state index is 11.8. The Morgan fingerprint density at radius 3 is 2.74 bits per heavy atom. The summed E-state index contributed by atoms with van der Waals surface area (Å²) >= 11 is 0. The molecule has 0 aromatic heterocycles. The average molecular weight is 321 g/mol. The van der Waals surface area contributed by atoms with Crippen molar-refractivity contribution in [3.8, 4) is 0 Å². The standard InChI is InChI=1S/C18H27NO4/c1-18(2,15-9-6-10-21-15)13-16(19)22-11-12-23-17(20)14-7-4-3-5-8-14/h3-5,7-8,15-16H,6,9-13,19H2,1-2H3. The number of hydrogen-bond donors (Lipinski definition) is 1. The number of benzene rings is 1. The van der Waals surface area contributed by atoms with Crippen molar-refractivity contribution in [2.24, 2.45) is 11.1 Å². The first-order valence-corrected chi connectivity index (χ1v) is 8.20. The van der Waals surface area contributed by atoms with E-state index in [2.05, 4.69) is 13.8 Å². The summed E-state index contributed by atoms with van der Waals surface area (Å²) in [5.74, 6) is -0.345. The zero-order chi connectivity index (χ0) is 16.7. The Morgan fingerprint density at radius 2 is 2.09 bits per heavy atom. The third kappa shape index (κ3) is 5.61. The molecule has 1 heterocycles. The van der Waals surface area contributed by atoms with Crippen LogP contribution >= 0.6 is 0 Å². The molecule has 1 aliphatic heterocycles. The van der Waals surface area contributed by atoms with Crippen molar-refractivity contribution in [1.82, 2.24) is 0 Å². The van der Waals surface area contributed by atoms with Crippen molar-refractivity contribution < 1.29 is 19.0 Å². The molecule has 0 saturated carbocycles. The Bertz CT molecular complexity index is 483. The van der Waals surface area contributed by atoms with Gasteiger partial charge in [-0.05, 0) is 36.8 Å². The van der Waals surface area contributed by atoms with Gasteiger partial charge < -0.3 is 19.9 Å². The molecule has 2 N–H and O–H groups in total. The van der Waals surface area contributed by atoms with Gasteiger partial charge in [0, 0.05) is 6.61 Å². The Balaban J connectivity index is 1.64. The van der Waals surface area contributed by atoms with Gasteiger partial charge in [-0.2, -0.15) is 0 Å². The number of carbonyl (C=O) groups is 1. The highest BCUT2D eigenvalue weighted by Gasteiger charge is 2.34. The molecule has 1 aliphatic rings. The molecular formula is C18H27NO4. The highest BCUT2D eigenvalue weighted by Crippen LogP contribution is 2.34. The lowest BCUT2D eigenvalue weighted by molar-refractivity contribution is -0.0406. The monoisotopic (exact) mass is 321 g/mol. The topological polar surface area (TPSA) is 70.8 Å². The molecule has 0 spiro atoms. The van der Waals surface area contributed by atoms with Crippen LogP contribution in [0.25, 0.3) is 0 Å². The molecule has 2 rings (SSSR count). The summed E-state index contributed by atoms with van der Waals surface area (Å²) in [6.45, 7) is 5.63. The molecule has 1 aromatic rings. The predicted molar refractivity (Wildman–Crippen MR) is 88.0 cm³/mol. The Labute approximate surface area is 138 Å². The molecule has 128 valence electrons. The van der Waals surface area contributed by atoms with Crippen LogP contribution in [0, 0.1) is 5.41 Å². The lowest BCUT2D eigenvalue weighted by Gasteiger charge is -2.33. The molecule has 2 unspecified atom stereocenters. The molecule has 0 aliphatic carbocycles. The van der Waals surface area contributed by atoms with Gasteiger partial charge in [-0.1, -0.05) is 32.0 Å². The van der Waals surface area contributed by atoms with Crippen LogP contribution in [0.1, 0.15) is 43.5 Å². The second-order valence-corrected chi connectivity index (χ2v) is 6.61. The van der Waals surface area contributed by atoms with E-state index in [1.807, 2.05) is 6.07 Å². The molecular weight excluding hydrogens is 294 g/mol. The van der Waals surface area contributed by atoms with Gasteiger partial charge in [0.2, 0.25) is 0 Å². The fourth-order valence-corrected chi connectivity index (χ4v) is 2.89. The van der Waals surface area contributed by atoms with E-state index in [1.54, 1.807) is 24.3 Å². The van der Waals surface area contributed by atoms with Crippen LogP contribution in [-0.2, 0) is 14.2 Å². The van der Waals surface area contributed by atoms with Gasteiger partial charge in [-0.15, -0.1) is 0 Å². The molecule has 2 atom stereocenters. The zero-order valence-electron chi connectivity index (χ0n) is 14.0. The van der Waals surface area contributed by atoms with Gasteiger partial charge in [-0.25, -0.2) is 4.79 Å². The van der Waals surface area contributed by atoms with Gasteiger partial charge >= 0.3 is 5.97 Å². The number of rotatable bonds is 8. The maximum atomic E-state index is 11.8. The molecule has 0 bridgehead atoms. The maximum Gasteiger partial charge on any atom is 0.338 e. The van der Waals surface area contributed by atoms with Crippen molar-refractivity contribution in [3.63, 3.8) is 0 Å². The van der Waals surface area contributed by atoms with Crippen molar-refractivity contribution in [2.75, 3.05) is 19.8 Å². The van der Waals surface area contributed by atoms with Crippen molar-refractivity contribution in [2.45, 2.75) is 45.4 Å². The van der Waals surface area contributed by atoms with Crippen LogP contribution in [0.15, 0.2) is 30.3 Å². The van der Waals surface area contributed by atoms with Gasteiger partial charge in [0.1, 0.15) is 12.8 Å². The van der Waals surface area contributed by atoms with E-state index in [-0.39, 0.29) is 30.3 Å². The van der Waals surface area contributed by atoms with E-state index < -0.39 is 0 Å². The van der Waals surface area contributed by atoms with Crippen LogP contribution in [0.5, 0.6) is 0 Å². The van der Waals surface area contributed by atoms with Crippen molar-refractivity contribution in [3.05, 3.63) is 35.9 Å². The van der Waals surface area contributed by atoms with Gasteiger partial charge in [-0.3, -0.25) is 0 Å². The summed E-state index contributed by atoms with van der Waals surface area (Å²) in [6, 6.07) is 8.90. The van der Waals surface area contributed by atoms with E-state index in [0.717, 1.165) is 19.4 Å². The minimum atomic E-state index is -0.385. The first-order valence-electron chi connectivity index (χ1n) is 8.20. The minimum absolute atomic E-state index is 0.0172. The minimum Gasteiger partial charge on any atom is -0.460 e. The molecule has 1 aromatic carbocycles. The number of hydrogen-bond acceptors (Lipinski definition) is 5. The number of carbonyl (C=O) groups excluding carboxylic acids is 1. The Morgan fingerprint density at radius 1 is 1.35 bits per heavy atom. The van der Waals surface area contributed by atoms with Crippen LogP contribution in [-0.4, -0.2) is 38.1 Å². The predicted octanol–water partition coefficient (Wildman–Crippen LogP) is 2.74. The van der Waals surface area contributed by atoms with Crippen LogP contribution in [0.2, 0.25) is 0 Å². The number of ether oxygens (including phenoxy) is 3. The highest BCUT2D eigenvalue weighted by atomic mass is 16.6. The SMILES string of the molecule is CC(C)(CC(N)OCCOC(=O)c1ccccc1)C1CCCO1. The summed E-state index contributed by atoms with van der Waals surface area (Å²) < 4.78 is 16.5. The van der Waals surface area contributed by atoms with E-state index in [9.17, 15) is 4.79 Å². The first-order chi connectivity index (χ1) is 11.0. The van der Waals surface area contributed by atoms with E-state index in [4.69, 9.17) is 19.9 Å². The fourth-order valence-electron chi connectivity index (χ4n) is 2.89. The molecule has 0 radical (unpaired) electrons. The van der Waals surface area contributed by atoms with Gasteiger partial charge in [0.15, 0.2) is 0 Å². The number of nitrogens with two attached hydrogens (primary N) is 1. The van der Waals surface area contributed by atoms with E-state index in [0.29, 0.717) is 18.6 Å². The van der Waals surface area contributed by atoms with Crippen LogP contribution < -0.4 is 5.73 Å². The van der Waals surface area contributed by atoms with Gasteiger partial charge in [0.25, 0.3) is 0 Å². The second-order valence-electron chi connectivity index (χ2n) is 6.61. The van der Waals surface area contributed by atoms with Crippen LogP contribution in [0.3, 0.4) is 0 Å².